The predicted molar refractivity (Wildman–Crippen MR) is 43.0 cm³/mol. The first-order chi connectivity index (χ1) is 5.72. The number of nitriles is 1. The molecule has 1 rings (SSSR count). The Labute approximate surface area is 73.0 Å². The fraction of sp³-hybridized carbons (Fsp3) is 0.125. The molecule has 1 nitrogen and oxygen atoms in total. The first kappa shape index (κ1) is 9.01. The first-order valence-corrected chi connectivity index (χ1v) is 4.05. The summed E-state index contributed by atoms with van der Waals surface area (Å²) in [6.45, 7) is 0. The molecule has 0 aromatic heterocycles. The summed E-state index contributed by atoms with van der Waals surface area (Å²) >= 11 is 0.444. The van der Waals surface area contributed by atoms with Crippen LogP contribution in [0.5, 0.6) is 0 Å². The number of nitrogens with zero attached hydrogens (tertiary/aromatic N) is 1. The zero-order valence-electron chi connectivity index (χ0n) is 6.00. The lowest BCUT2D eigenvalue weighted by Gasteiger charge is -1.98. The molecule has 0 aliphatic carbocycles. The van der Waals surface area contributed by atoms with Crippen LogP contribution in [0.25, 0.3) is 0 Å². The Kier molecular flexibility index (Phi) is 3.06. The van der Waals surface area contributed by atoms with Crippen molar-refractivity contribution < 1.29 is 8.78 Å². The molecule has 0 fully saturated rings. The Morgan fingerprint density at radius 1 is 1.42 bits per heavy atom. The van der Waals surface area contributed by atoms with Crippen LogP contribution in [-0.2, 0) is 0 Å². The molecule has 0 radical (unpaired) electrons. The number of alkyl halides is 2. The van der Waals surface area contributed by atoms with Crippen molar-refractivity contribution in [2.24, 2.45) is 0 Å². The smallest absolute Gasteiger partial charge is 0.198 e. The topological polar surface area (TPSA) is 23.8 Å². The minimum absolute atomic E-state index is 0.403. The van der Waals surface area contributed by atoms with E-state index < -0.39 is 5.76 Å². The van der Waals surface area contributed by atoms with E-state index in [1.807, 2.05) is 6.07 Å². The van der Waals surface area contributed by atoms with Gasteiger partial charge in [0.15, 0.2) is 0 Å². The van der Waals surface area contributed by atoms with Crippen LogP contribution in [0, 0.1) is 11.3 Å². The van der Waals surface area contributed by atoms with Gasteiger partial charge in [0.2, 0.25) is 0 Å². The third-order valence-electron chi connectivity index (χ3n) is 1.19. The van der Waals surface area contributed by atoms with Crippen LogP contribution in [-0.4, -0.2) is 5.76 Å². The first-order valence-electron chi connectivity index (χ1n) is 3.17. The number of hydrogen-bond acceptors (Lipinski definition) is 2. The Morgan fingerprint density at radius 2 is 2.17 bits per heavy atom. The van der Waals surface area contributed by atoms with Crippen molar-refractivity contribution >= 4 is 11.8 Å². The van der Waals surface area contributed by atoms with E-state index in [-0.39, 0.29) is 0 Å². The van der Waals surface area contributed by atoms with Gasteiger partial charge in [-0.1, -0.05) is 17.8 Å². The van der Waals surface area contributed by atoms with Crippen molar-refractivity contribution in [1.82, 2.24) is 0 Å². The summed E-state index contributed by atoms with van der Waals surface area (Å²) in [5, 5.41) is 8.45. The largest absolute Gasteiger partial charge is 0.288 e. The summed E-state index contributed by atoms with van der Waals surface area (Å²) < 4.78 is 23.7. The molecule has 0 bridgehead atoms. The van der Waals surface area contributed by atoms with Crippen LogP contribution >= 0.6 is 11.8 Å². The molecule has 0 unspecified atom stereocenters. The highest BCUT2D eigenvalue weighted by molar-refractivity contribution is 7.99. The molecule has 0 heterocycles. The lowest BCUT2D eigenvalue weighted by atomic mass is 10.2. The lowest BCUT2D eigenvalue weighted by Crippen LogP contribution is -1.82. The van der Waals surface area contributed by atoms with Crippen LogP contribution in [0.4, 0.5) is 8.78 Å². The van der Waals surface area contributed by atoms with Gasteiger partial charge in [0.25, 0.3) is 5.76 Å². The van der Waals surface area contributed by atoms with E-state index in [0.717, 1.165) is 0 Å². The quantitative estimate of drug-likeness (QED) is 0.661. The number of rotatable bonds is 2. The van der Waals surface area contributed by atoms with Gasteiger partial charge in [0, 0.05) is 4.90 Å². The van der Waals surface area contributed by atoms with E-state index in [4.69, 9.17) is 5.26 Å². The van der Waals surface area contributed by atoms with Crippen LogP contribution < -0.4 is 0 Å². The fourth-order valence-corrected chi connectivity index (χ4v) is 1.30. The van der Waals surface area contributed by atoms with Crippen molar-refractivity contribution in [2.75, 3.05) is 0 Å². The van der Waals surface area contributed by atoms with E-state index in [2.05, 4.69) is 0 Å². The minimum Gasteiger partial charge on any atom is -0.198 e. The van der Waals surface area contributed by atoms with Crippen molar-refractivity contribution in [3.63, 3.8) is 0 Å². The molecule has 0 saturated carbocycles. The molecule has 12 heavy (non-hydrogen) atoms. The summed E-state index contributed by atoms with van der Waals surface area (Å²) in [6.07, 6.45) is 0. The number of hydrogen-bond donors (Lipinski definition) is 0. The predicted octanol–water partition coefficient (Wildman–Crippen LogP) is 2.87. The normalized spacial score (nSPS) is 9.83. The van der Waals surface area contributed by atoms with Gasteiger partial charge in [-0.25, -0.2) is 0 Å². The zero-order valence-corrected chi connectivity index (χ0v) is 6.81. The third kappa shape index (κ3) is 2.51. The number of halogens is 2. The number of thioether (sulfide) groups is 1. The molecule has 0 aliphatic rings. The molecule has 4 heteroatoms. The maximum atomic E-state index is 11.8. The number of benzene rings is 1. The van der Waals surface area contributed by atoms with E-state index in [0.29, 0.717) is 22.2 Å². The molecule has 1 aromatic rings. The summed E-state index contributed by atoms with van der Waals surface area (Å²) in [7, 11) is 0. The van der Waals surface area contributed by atoms with Crippen molar-refractivity contribution in [2.45, 2.75) is 10.7 Å². The molecule has 0 amide bonds. The fourth-order valence-electron chi connectivity index (χ4n) is 0.742. The van der Waals surface area contributed by atoms with Gasteiger partial charge in [-0.3, -0.25) is 0 Å². The molecule has 0 atom stereocenters. The highest BCUT2D eigenvalue weighted by Crippen LogP contribution is 2.25. The summed E-state index contributed by atoms with van der Waals surface area (Å²) in [5.41, 5.74) is 0.403. The molecule has 0 spiro atoms. The standard InChI is InChI=1S/C8H5F2NS/c9-8(10)12-7-3-1-2-6(4-7)5-11/h1-4,8H. The monoisotopic (exact) mass is 185 g/mol. The van der Waals surface area contributed by atoms with E-state index >= 15 is 0 Å². The second-order valence-corrected chi connectivity index (χ2v) is 3.08. The van der Waals surface area contributed by atoms with Crippen molar-refractivity contribution in [3.8, 4) is 6.07 Å². The maximum absolute atomic E-state index is 11.8. The maximum Gasteiger partial charge on any atom is 0.288 e. The highest BCUT2D eigenvalue weighted by atomic mass is 32.2. The third-order valence-corrected chi connectivity index (χ3v) is 1.89. The van der Waals surface area contributed by atoms with Crippen LogP contribution in [0.2, 0.25) is 0 Å². The molecule has 0 aliphatic heterocycles. The van der Waals surface area contributed by atoms with Crippen LogP contribution in [0.15, 0.2) is 29.2 Å². The summed E-state index contributed by atoms with van der Waals surface area (Å²) in [5.74, 6) is -2.43. The lowest BCUT2D eigenvalue weighted by molar-refractivity contribution is 0.252. The van der Waals surface area contributed by atoms with Gasteiger partial charge in [-0.15, -0.1) is 0 Å². The van der Waals surface area contributed by atoms with Crippen molar-refractivity contribution in [1.29, 1.82) is 5.26 Å². The Bertz CT molecular complexity index is 306. The Morgan fingerprint density at radius 3 is 2.75 bits per heavy atom. The van der Waals surface area contributed by atoms with E-state index in [9.17, 15) is 8.78 Å². The van der Waals surface area contributed by atoms with Crippen LogP contribution in [0.3, 0.4) is 0 Å². The van der Waals surface area contributed by atoms with E-state index in [1.54, 1.807) is 18.2 Å². The molecular formula is C8H5F2NS. The highest BCUT2D eigenvalue weighted by Gasteiger charge is 2.04. The van der Waals surface area contributed by atoms with E-state index in [1.165, 1.54) is 6.07 Å². The van der Waals surface area contributed by atoms with Gasteiger partial charge >= 0.3 is 0 Å². The molecule has 0 saturated heterocycles. The van der Waals surface area contributed by atoms with Gasteiger partial charge in [-0.05, 0) is 18.2 Å². The van der Waals surface area contributed by atoms with Crippen molar-refractivity contribution in [3.05, 3.63) is 29.8 Å². The second-order valence-electron chi connectivity index (χ2n) is 2.02. The van der Waals surface area contributed by atoms with Gasteiger partial charge in [-0.2, -0.15) is 14.0 Å². The molecule has 62 valence electrons. The molecular weight excluding hydrogens is 180 g/mol. The van der Waals surface area contributed by atoms with Crippen LogP contribution in [0.1, 0.15) is 5.56 Å². The average molecular weight is 185 g/mol. The summed E-state index contributed by atoms with van der Waals surface area (Å²) in [6, 6.07) is 8.04. The average Bonchev–Trinajstić information content (AvgIpc) is 2.03. The molecule has 0 N–H and O–H groups in total. The van der Waals surface area contributed by atoms with Gasteiger partial charge < -0.3 is 0 Å². The Balaban J connectivity index is 2.81. The zero-order chi connectivity index (χ0) is 8.97. The van der Waals surface area contributed by atoms with Gasteiger partial charge in [0.1, 0.15) is 0 Å². The summed E-state index contributed by atoms with van der Waals surface area (Å²) in [4.78, 5) is 0.420. The minimum atomic E-state index is -2.43. The second kappa shape index (κ2) is 4.07. The van der Waals surface area contributed by atoms with Gasteiger partial charge in [0.05, 0.1) is 11.6 Å². The SMILES string of the molecule is N#Cc1cccc(SC(F)F)c1. The molecule has 1 aromatic carbocycles. The Hall–Kier alpha value is -1.08.